The molecule has 2 aromatic heterocycles. The van der Waals surface area contributed by atoms with Crippen molar-refractivity contribution in [1.29, 1.82) is 0 Å². The van der Waals surface area contributed by atoms with Gasteiger partial charge in [0.15, 0.2) is 0 Å². The Hall–Kier alpha value is -2.14. The van der Waals surface area contributed by atoms with E-state index in [1.165, 1.54) is 0 Å². The lowest BCUT2D eigenvalue weighted by molar-refractivity contribution is 0.0477. The van der Waals surface area contributed by atoms with Gasteiger partial charge in [-0.25, -0.2) is 9.78 Å². The first-order valence-corrected chi connectivity index (χ1v) is 6.33. The molecule has 0 aliphatic rings. The summed E-state index contributed by atoms with van der Waals surface area (Å²) in [5.41, 5.74) is 2.20. The van der Waals surface area contributed by atoms with Crippen LogP contribution in [0.1, 0.15) is 15.2 Å². The van der Waals surface area contributed by atoms with Crippen molar-refractivity contribution < 1.29 is 9.53 Å². The zero-order valence-corrected chi connectivity index (χ0v) is 10.2. The van der Waals surface area contributed by atoms with Gasteiger partial charge in [0.2, 0.25) is 0 Å². The van der Waals surface area contributed by atoms with Crippen LogP contribution in [-0.2, 0) is 11.3 Å². The molecular formula is C13H10N2O2S. The molecule has 1 N–H and O–H groups in total. The summed E-state index contributed by atoms with van der Waals surface area (Å²) < 4.78 is 5.24. The molecule has 0 radical (unpaired) electrons. The van der Waals surface area contributed by atoms with E-state index in [0.29, 0.717) is 12.2 Å². The van der Waals surface area contributed by atoms with E-state index in [1.54, 1.807) is 35.9 Å². The number of esters is 1. The Bertz CT molecular complexity index is 673. The van der Waals surface area contributed by atoms with E-state index in [9.17, 15) is 4.79 Å². The molecule has 4 nitrogen and oxygen atoms in total. The first-order chi connectivity index (χ1) is 8.83. The topological polar surface area (TPSA) is 55.0 Å². The number of rotatable bonds is 3. The second kappa shape index (κ2) is 4.62. The van der Waals surface area contributed by atoms with Crippen LogP contribution in [0.4, 0.5) is 0 Å². The number of imidazole rings is 1. The zero-order chi connectivity index (χ0) is 12.4. The van der Waals surface area contributed by atoms with E-state index < -0.39 is 0 Å². The van der Waals surface area contributed by atoms with Crippen molar-refractivity contribution in [2.24, 2.45) is 0 Å². The van der Waals surface area contributed by atoms with Gasteiger partial charge in [0.1, 0.15) is 6.61 Å². The number of aromatic nitrogens is 2. The molecule has 0 aliphatic carbocycles. The second-order valence-electron chi connectivity index (χ2n) is 3.79. The standard InChI is InChI=1S/C13H10N2O2S/c16-13(17-7-10-2-1-5-18-10)9-3-4-11-12(6-9)15-8-14-11/h1-6,8H,7H2,(H,14,15). The Morgan fingerprint density at radius 3 is 3.17 bits per heavy atom. The van der Waals surface area contributed by atoms with Crippen molar-refractivity contribution in [2.45, 2.75) is 6.61 Å². The summed E-state index contributed by atoms with van der Waals surface area (Å²) in [5.74, 6) is -0.320. The first kappa shape index (κ1) is 11.0. The maximum atomic E-state index is 11.9. The van der Waals surface area contributed by atoms with Crippen LogP contribution in [0.3, 0.4) is 0 Å². The van der Waals surface area contributed by atoms with E-state index in [2.05, 4.69) is 9.97 Å². The number of benzene rings is 1. The molecule has 0 amide bonds. The average molecular weight is 258 g/mol. The predicted octanol–water partition coefficient (Wildman–Crippen LogP) is 2.98. The van der Waals surface area contributed by atoms with Gasteiger partial charge in [-0.15, -0.1) is 11.3 Å². The smallest absolute Gasteiger partial charge is 0.338 e. The molecule has 2 heterocycles. The van der Waals surface area contributed by atoms with E-state index in [4.69, 9.17) is 4.74 Å². The minimum Gasteiger partial charge on any atom is -0.456 e. The molecule has 0 unspecified atom stereocenters. The van der Waals surface area contributed by atoms with Gasteiger partial charge < -0.3 is 9.72 Å². The molecule has 90 valence electrons. The second-order valence-corrected chi connectivity index (χ2v) is 4.82. The molecule has 0 atom stereocenters. The molecule has 5 heteroatoms. The Labute approximate surface area is 107 Å². The molecule has 18 heavy (non-hydrogen) atoms. The number of nitrogens with one attached hydrogen (secondary N) is 1. The third-order valence-electron chi connectivity index (χ3n) is 2.58. The van der Waals surface area contributed by atoms with Crippen LogP contribution in [-0.4, -0.2) is 15.9 Å². The summed E-state index contributed by atoms with van der Waals surface area (Å²) in [6.07, 6.45) is 1.60. The molecule has 0 saturated heterocycles. The third kappa shape index (κ3) is 2.12. The van der Waals surface area contributed by atoms with Gasteiger partial charge in [-0.2, -0.15) is 0 Å². The number of carbonyl (C=O) groups is 1. The van der Waals surface area contributed by atoms with Crippen LogP contribution in [0.5, 0.6) is 0 Å². The Kier molecular flexibility index (Phi) is 2.82. The van der Waals surface area contributed by atoms with Crippen molar-refractivity contribution in [2.75, 3.05) is 0 Å². The normalized spacial score (nSPS) is 10.7. The SMILES string of the molecule is O=C(OCc1cccs1)c1ccc2nc[nH]c2c1. The highest BCUT2D eigenvalue weighted by Crippen LogP contribution is 2.14. The minimum atomic E-state index is -0.320. The Morgan fingerprint density at radius 2 is 2.33 bits per heavy atom. The van der Waals surface area contributed by atoms with E-state index in [1.807, 2.05) is 17.5 Å². The van der Waals surface area contributed by atoms with Crippen molar-refractivity contribution in [3.05, 3.63) is 52.5 Å². The molecule has 1 aromatic carbocycles. The molecule has 3 aromatic rings. The van der Waals surface area contributed by atoms with Gasteiger partial charge in [0.05, 0.1) is 22.9 Å². The number of fused-ring (bicyclic) bond motifs is 1. The number of hydrogen-bond acceptors (Lipinski definition) is 4. The Morgan fingerprint density at radius 1 is 1.39 bits per heavy atom. The van der Waals surface area contributed by atoms with Crippen molar-refractivity contribution >= 4 is 28.3 Å². The fraction of sp³-hybridized carbons (Fsp3) is 0.0769. The van der Waals surface area contributed by atoms with Gasteiger partial charge >= 0.3 is 5.97 Å². The quantitative estimate of drug-likeness (QED) is 0.735. The largest absolute Gasteiger partial charge is 0.456 e. The number of ether oxygens (including phenoxy) is 1. The van der Waals surface area contributed by atoms with Crippen LogP contribution >= 0.6 is 11.3 Å². The highest BCUT2D eigenvalue weighted by atomic mass is 32.1. The van der Waals surface area contributed by atoms with Gasteiger partial charge in [0.25, 0.3) is 0 Å². The number of aromatic amines is 1. The maximum Gasteiger partial charge on any atom is 0.338 e. The lowest BCUT2D eigenvalue weighted by atomic mass is 10.2. The van der Waals surface area contributed by atoms with Crippen LogP contribution in [0.25, 0.3) is 11.0 Å². The third-order valence-corrected chi connectivity index (χ3v) is 3.43. The van der Waals surface area contributed by atoms with Gasteiger partial charge in [0, 0.05) is 4.88 Å². The van der Waals surface area contributed by atoms with Crippen molar-refractivity contribution in [3.8, 4) is 0 Å². The summed E-state index contributed by atoms with van der Waals surface area (Å²) >= 11 is 1.57. The van der Waals surface area contributed by atoms with E-state index in [-0.39, 0.29) is 5.97 Å². The first-order valence-electron chi connectivity index (χ1n) is 5.45. The molecule has 0 saturated carbocycles. The molecule has 0 spiro atoms. The number of thiophene rings is 1. The molecule has 0 bridgehead atoms. The highest BCUT2D eigenvalue weighted by Gasteiger charge is 2.09. The number of nitrogens with zero attached hydrogens (tertiary/aromatic N) is 1. The Balaban J connectivity index is 1.75. The highest BCUT2D eigenvalue weighted by molar-refractivity contribution is 7.09. The zero-order valence-electron chi connectivity index (χ0n) is 9.42. The predicted molar refractivity (Wildman–Crippen MR) is 69.5 cm³/mol. The number of H-pyrrole nitrogens is 1. The average Bonchev–Trinajstić information content (AvgIpc) is 3.05. The fourth-order valence-electron chi connectivity index (χ4n) is 1.68. The molecule has 0 fully saturated rings. The van der Waals surface area contributed by atoms with Crippen LogP contribution in [0, 0.1) is 0 Å². The van der Waals surface area contributed by atoms with Crippen LogP contribution < -0.4 is 0 Å². The monoisotopic (exact) mass is 258 g/mol. The summed E-state index contributed by atoms with van der Waals surface area (Å²) in [7, 11) is 0. The van der Waals surface area contributed by atoms with E-state index in [0.717, 1.165) is 15.9 Å². The van der Waals surface area contributed by atoms with Crippen LogP contribution in [0.2, 0.25) is 0 Å². The fourth-order valence-corrected chi connectivity index (χ4v) is 2.29. The van der Waals surface area contributed by atoms with Gasteiger partial charge in [-0.1, -0.05) is 6.07 Å². The van der Waals surface area contributed by atoms with Crippen molar-refractivity contribution in [3.63, 3.8) is 0 Å². The van der Waals surface area contributed by atoms with Gasteiger partial charge in [-0.05, 0) is 29.6 Å². The van der Waals surface area contributed by atoms with Gasteiger partial charge in [-0.3, -0.25) is 0 Å². The lowest BCUT2D eigenvalue weighted by Gasteiger charge is -2.03. The molecule has 3 rings (SSSR count). The number of hydrogen-bond donors (Lipinski definition) is 1. The number of carbonyl (C=O) groups excluding carboxylic acids is 1. The summed E-state index contributed by atoms with van der Waals surface area (Å²) in [5, 5.41) is 1.96. The summed E-state index contributed by atoms with van der Waals surface area (Å²) in [6, 6.07) is 9.15. The molecular weight excluding hydrogens is 248 g/mol. The van der Waals surface area contributed by atoms with Crippen LogP contribution in [0.15, 0.2) is 42.0 Å². The molecule has 0 aliphatic heterocycles. The summed E-state index contributed by atoms with van der Waals surface area (Å²) in [6.45, 7) is 0.317. The van der Waals surface area contributed by atoms with E-state index >= 15 is 0 Å². The maximum absolute atomic E-state index is 11.9. The summed E-state index contributed by atoms with van der Waals surface area (Å²) in [4.78, 5) is 20.0. The lowest BCUT2D eigenvalue weighted by Crippen LogP contribution is -2.04. The van der Waals surface area contributed by atoms with Crippen molar-refractivity contribution in [1.82, 2.24) is 9.97 Å². The minimum absolute atomic E-state index is 0.317.